The average Bonchev–Trinajstić information content (AvgIpc) is 2.55. The minimum Gasteiger partial charge on any atom is -0.321 e. The number of anilines is 1. The number of para-hydroxylation sites is 1. The fourth-order valence-corrected chi connectivity index (χ4v) is 2.79. The number of halogens is 1. The lowest BCUT2D eigenvalue weighted by Gasteiger charge is -2.25. The molecule has 0 unspecified atom stereocenters. The number of urea groups is 1. The number of nitrogens with one attached hydrogen (secondary N) is 1. The fraction of sp³-hybridized carbons (Fsp3) is 0.235. The van der Waals surface area contributed by atoms with E-state index in [2.05, 4.69) is 5.32 Å². The number of rotatable bonds is 4. The maximum atomic E-state index is 13.6. The van der Waals surface area contributed by atoms with Crippen LogP contribution in [-0.2, 0) is 9.84 Å². The summed E-state index contributed by atoms with van der Waals surface area (Å²) in [6, 6.07) is 11.5. The molecule has 2 amide bonds. The van der Waals surface area contributed by atoms with E-state index in [1.165, 1.54) is 29.2 Å². The largest absolute Gasteiger partial charge is 0.322 e. The number of hydrogen-bond donors (Lipinski definition) is 1. The normalized spacial score (nSPS) is 12.5. The Kier molecular flexibility index (Phi) is 5.23. The van der Waals surface area contributed by atoms with Crippen LogP contribution in [0.25, 0.3) is 0 Å². The van der Waals surface area contributed by atoms with Crippen molar-refractivity contribution in [1.82, 2.24) is 4.90 Å². The van der Waals surface area contributed by atoms with Gasteiger partial charge in [0.2, 0.25) is 0 Å². The van der Waals surface area contributed by atoms with Crippen LogP contribution in [0.2, 0.25) is 0 Å². The third-order valence-electron chi connectivity index (χ3n) is 3.81. The van der Waals surface area contributed by atoms with Crippen molar-refractivity contribution in [2.24, 2.45) is 0 Å². The summed E-state index contributed by atoms with van der Waals surface area (Å²) in [6.45, 7) is 1.80. The summed E-state index contributed by atoms with van der Waals surface area (Å²) in [7, 11) is -1.67. The Labute approximate surface area is 141 Å². The molecule has 0 spiro atoms. The first-order valence-corrected chi connectivity index (χ1v) is 9.17. The van der Waals surface area contributed by atoms with E-state index < -0.39 is 21.7 Å². The molecule has 24 heavy (non-hydrogen) atoms. The number of amides is 2. The second-order valence-corrected chi connectivity index (χ2v) is 7.55. The van der Waals surface area contributed by atoms with Crippen molar-refractivity contribution in [2.75, 3.05) is 18.6 Å². The number of nitrogens with zero attached hydrogens (tertiary/aromatic N) is 1. The lowest BCUT2D eigenvalue weighted by molar-refractivity contribution is 0.208. The Bertz CT molecular complexity index is 835. The van der Waals surface area contributed by atoms with Crippen molar-refractivity contribution in [2.45, 2.75) is 17.9 Å². The lowest BCUT2D eigenvalue weighted by atomic mass is 10.1. The predicted octanol–water partition coefficient (Wildman–Crippen LogP) is 3.45. The van der Waals surface area contributed by atoms with Gasteiger partial charge >= 0.3 is 6.03 Å². The molecule has 1 N–H and O–H groups in total. The standard InChI is InChI=1S/C17H19FN2O3S/c1-12(13-8-10-14(11-9-13)24(3,22)23)20(2)17(21)19-16-7-5-4-6-15(16)18/h4-12H,1-3H3,(H,19,21)/t12-/m0/s1. The van der Waals surface area contributed by atoms with Gasteiger partial charge in [0.15, 0.2) is 9.84 Å². The molecule has 0 fully saturated rings. The van der Waals surface area contributed by atoms with Gasteiger partial charge in [-0.25, -0.2) is 17.6 Å². The van der Waals surface area contributed by atoms with Crippen LogP contribution >= 0.6 is 0 Å². The first-order chi connectivity index (χ1) is 11.2. The second kappa shape index (κ2) is 7.00. The summed E-state index contributed by atoms with van der Waals surface area (Å²) in [6.07, 6.45) is 1.14. The van der Waals surface area contributed by atoms with Crippen molar-refractivity contribution >= 4 is 21.6 Å². The van der Waals surface area contributed by atoms with E-state index in [9.17, 15) is 17.6 Å². The molecular formula is C17H19FN2O3S. The Balaban J connectivity index is 2.12. The molecule has 2 aromatic rings. The van der Waals surface area contributed by atoms with E-state index >= 15 is 0 Å². The molecule has 0 saturated heterocycles. The molecule has 0 aromatic heterocycles. The van der Waals surface area contributed by atoms with E-state index in [0.29, 0.717) is 0 Å². The van der Waals surface area contributed by atoms with E-state index in [4.69, 9.17) is 0 Å². The quantitative estimate of drug-likeness (QED) is 0.918. The zero-order chi connectivity index (χ0) is 17.9. The molecule has 2 rings (SSSR count). The third kappa shape index (κ3) is 4.11. The summed E-state index contributed by atoms with van der Waals surface area (Å²) in [5.41, 5.74) is 0.877. The lowest BCUT2D eigenvalue weighted by Crippen LogP contribution is -2.33. The predicted molar refractivity (Wildman–Crippen MR) is 91.1 cm³/mol. The summed E-state index contributed by atoms with van der Waals surface area (Å²) in [5, 5.41) is 2.51. The van der Waals surface area contributed by atoms with Crippen LogP contribution in [0.5, 0.6) is 0 Å². The highest BCUT2D eigenvalue weighted by Gasteiger charge is 2.19. The van der Waals surface area contributed by atoms with E-state index in [-0.39, 0.29) is 16.6 Å². The van der Waals surface area contributed by atoms with Crippen molar-refractivity contribution in [3.8, 4) is 0 Å². The van der Waals surface area contributed by atoms with Crippen LogP contribution in [0.3, 0.4) is 0 Å². The van der Waals surface area contributed by atoms with Gasteiger partial charge in [-0.1, -0.05) is 24.3 Å². The fourth-order valence-electron chi connectivity index (χ4n) is 2.16. The highest BCUT2D eigenvalue weighted by atomic mass is 32.2. The first-order valence-electron chi connectivity index (χ1n) is 7.28. The summed E-state index contributed by atoms with van der Waals surface area (Å²) < 4.78 is 36.6. The van der Waals surface area contributed by atoms with Crippen LogP contribution in [-0.4, -0.2) is 32.7 Å². The minimum atomic E-state index is -3.26. The van der Waals surface area contributed by atoms with Crippen molar-refractivity contribution in [3.05, 3.63) is 59.9 Å². The Hall–Kier alpha value is -2.41. The number of sulfone groups is 1. The molecule has 128 valence electrons. The van der Waals surface area contributed by atoms with Gasteiger partial charge in [-0.05, 0) is 36.8 Å². The maximum absolute atomic E-state index is 13.6. The van der Waals surface area contributed by atoms with Crippen molar-refractivity contribution < 1.29 is 17.6 Å². The molecule has 0 bridgehead atoms. The zero-order valence-electron chi connectivity index (χ0n) is 13.7. The third-order valence-corrected chi connectivity index (χ3v) is 4.94. The molecular weight excluding hydrogens is 331 g/mol. The topological polar surface area (TPSA) is 66.5 Å². The van der Waals surface area contributed by atoms with E-state index in [1.807, 2.05) is 0 Å². The number of hydrogen-bond acceptors (Lipinski definition) is 3. The molecule has 0 radical (unpaired) electrons. The first kappa shape index (κ1) is 17.9. The van der Waals surface area contributed by atoms with Crippen molar-refractivity contribution in [1.29, 1.82) is 0 Å². The van der Waals surface area contributed by atoms with Crippen LogP contribution in [0, 0.1) is 5.82 Å². The molecule has 7 heteroatoms. The number of benzene rings is 2. The molecule has 5 nitrogen and oxygen atoms in total. The van der Waals surface area contributed by atoms with Crippen LogP contribution in [0.15, 0.2) is 53.4 Å². The van der Waals surface area contributed by atoms with Gasteiger partial charge in [0.05, 0.1) is 16.6 Å². The van der Waals surface area contributed by atoms with Gasteiger partial charge in [0, 0.05) is 13.3 Å². The van der Waals surface area contributed by atoms with E-state index in [0.717, 1.165) is 11.8 Å². The Morgan fingerprint density at radius 1 is 1.12 bits per heavy atom. The SMILES string of the molecule is C[C@@H](c1ccc(S(C)(=O)=O)cc1)N(C)C(=O)Nc1ccccc1F. The van der Waals surface area contributed by atoms with Gasteiger partial charge in [-0.15, -0.1) is 0 Å². The zero-order valence-corrected chi connectivity index (χ0v) is 14.5. The van der Waals surface area contributed by atoms with Crippen LogP contribution < -0.4 is 5.32 Å². The monoisotopic (exact) mass is 350 g/mol. The van der Waals surface area contributed by atoms with Crippen LogP contribution in [0.1, 0.15) is 18.5 Å². The second-order valence-electron chi connectivity index (χ2n) is 5.54. The van der Waals surface area contributed by atoms with E-state index in [1.54, 1.807) is 38.2 Å². The van der Waals surface area contributed by atoms with Gasteiger partial charge in [-0.2, -0.15) is 0 Å². The maximum Gasteiger partial charge on any atom is 0.322 e. The average molecular weight is 350 g/mol. The Morgan fingerprint density at radius 3 is 2.25 bits per heavy atom. The summed E-state index contributed by atoms with van der Waals surface area (Å²) in [4.78, 5) is 13.9. The Morgan fingerprint density at radius 2 is 1.71 bits per heavy atom. The molecule has 0 saturated carbocycles. The van der Waals surface area contributed by atoms with Gasteiger partial charge in [0.1, 0.15) is 5.82 Å². The smallest absolute Gasteiger partial charge is 0.321 e. The molecule has 0 aliphatic rings. The highest BCUT2D eigenvalue weighted by molar-refractivity contribution is 7.90. The molecule has 0 heterocycles. The van der Waals surface area contributed by atoms with Gasteiger partial charge in [0.25, 0.3) is 0 Å². The number of carbonyl (C=O) groups is 1. The van der Waals surface area contributed by atoms with Gasteiger partial charge < -0.3 is 10.2 Å². The summed E-state index contributed by atoms with van der Waals surface area (Å²) >= 11 is 0. The number of carbonyl (C=O) groups excluding carboxylic acids is 1. The van der Waals surface area contributed by atoms with Crippen molar-refractivity contribution in [3.63, 3.8) is 0 Å². The molecule has 0 aliphatic carbocycles. The summed E-state index contributed by atoms with van der Waals surface area (Å²) in [5.74, 6) is -0.510. The molecule has 0 aliphatic heterocycles. The minimum absolute atomic E-state index is 0.106. The van der Waals surface area contributed by atoms with Crippen LogP contribution in [0.4, 0.5) is 14.9 Å². The molecule has 1 atom stereocenters. The molecule has 2 aromatic carbocycles. The highest BCUT2D eigenvalue weighted by Crippen LogP contribution is 2.22. The van der Waals surface area contributed by atoms with Gasteiger partial charge in [-0.3, -0.25) is 0 Å².